The zero-order valence-corrected chi connectivity index (χ0v) is 37.9. The first-order chi connectivity index (χ1) is 30.0. The second-order valence-corrected chi connectivity index (χ2v) is 23.1. The molecule has 4 aromatic rings. The molecule has 0 amide bonds. The number of hydrogen-bond acceptors (Lipinski definition) is 25. The summed E-state index contributed by atoms with van der Waals surface area (Å²) in [5.41, 5.74) is -3.29. The van der Waals surface area contributed by atoms with Crippen LogP contribution in [0.25, 0.3) is 0 Å². The lowest BCUT2D eigenvalue weighted by Crippen LogP contribution is -2.48. The average molecular weight is 1070 g/mol. The number of aryl methyl sites for hydroxylation is 1. The summed E-state index contributed by atoms with van der Waals surface area (Å²) in [5.74, 6) is -3.70. The number of hydrogen-bond donors (Lipinski definition) is 8. The molecule has 66 heavy (non-hydrogen) atoms. The first-order valence-electron chi connectivity index (χ1n) is 16.6. The standard InChI is InChI=1S/C29H28N6O24S7/c1-15-12-22(63(46,47)48)20(14-21(15)62(43,44)45)32-35-26-28(37)24(33-30-16-2-4-17(5-3-16)60(39,40)10-8-58-65(52,53)54)27(36)25(29(26)38)34-31-19-7-6-18(13-23(19)64(49,50)51)61(41,42)11-9-59-66(55,56)57/h2-7,12-14,30,32,38H,8-11H2,1H3,(H,43,44,45)(H,46,47,48)(H,49,50,51)(H,52,53,54)(H,55,56,57). The SMILES string of the molecule is Cc1cc(S(=O)(=O)O)c(NN=c2c(O)c(N=Nc3ccc(S(=O)(=O)CCOS(=O)(=O)O)cc3S(=O)(=O)O)c(=O)c(=NNc3ccc(S(=O)(=O)CCOS(=O)(=O)O)cc3)c2=O)cc1S(=O)(=O)O. The van der Waals surface area contributed by atoms with Crippen molar-refractivity contribution in [3.8, 4) is 5.75 Å². The topological polar surface area (TPSA) is 486 Å². The fraction of sp³-hybridized carbons (Fsp3) is 0.172. The number of azo groups is 1. The highest BCUT2D eigenvalue weighted by atomic mass is 32.3. The molecule has 0 saturated carbocycles. The Morgan fingerprint density at radius 2 is 1.03 bits per heavy atom. The van der Waals surface area contributed by atoms with Crippen LogP contribution in [0.15, 0.2) is 109 Å². The van der Waals surface area contributed by atoms with Crippen LogP contribution in [-0.4, -0.2) is 112 Å². The maximum atomic E-state index is 13.7. The van der Waals surface area contributed by atoms with Gasteiger partial charge in [-0.2, -0.15) is 52.3 Å². The number of anilines is 2. The third-order valence-corrected chi connectivity index (χ3v) is 15.0. The lowest BCUT2D eigenvalue weighted by Gasteiger charge is -2.11. The first-order valence-corrected chi connectivity index (χ1v) is 27.0. The minimum absolute atomic E-state index is 0.206. The number of nitrogens with zero attached hydrogens (tertiary/aromatic N) is 4. The smallest absolute Gasteiger partial charge is 0.397 e. The molecular weight excluding hydrogens is 1040 g/mol. The van der Waals surface area contributed by atoms with Gasteiger partial charge in [-0.3, -0.25) is 43.2 Å². The molecule has 4 aromatic carbocycles. The molecule has 0 aliphatic carbocycles. The minimum atomic E-state index is -5.48. The number of benzene rings is 4. The fourth-order valence-electron chi connectivity index (χ4n) is 4.98. The lowest BCUT2D eigenvalue weighted by molar-refractivity contribution is 0.282. The summed E-state index contributed by atoms with van der Waals surface area (Å²) in [6.45, 7) is -1.14. The van der Waals surface area contributed by atoms with Crippen LogP contribution < -0.4 is 32.4 Å². The molecule has 30 nitrogen and oxygen atoms in total. The summed E-state index contributed by atoms with van der Waals surface area (Å²) in [4.78, 5) is 22.5. The van der Waals surface area contributed by atoms with Crippen LogP contribution in [0.1, 0.15) is 5.56 Å². The van der Waals surface area contributed by atoms with Crippen molar-refractivity contribution in [2.45, 2.75) is 31.4 Å². The minimum Gasteiger partial charge on any atom is -0.504 e. The predicted octanol–water partition coefficient (Wildman–Crippen LogP) is -1.51. The van der Waals surface area contributed by atoms with Gasteiger partial charge in [0.1, 0.15) is 15.5 Å². The third kappa shape index (κ3) is 13.7. The van der Waals surface area contributed by atoms with Crippen molar-refractivity contribution >= 4 is 93.6 Å². The van der Waals surface area contributed by atoms with Gasteiger partial charge in [-0.1, -0.05) is 0 Å². The van der Waals surface area contributed by atoms with E-state index in [1.54, 1.807) is 0 Å². The van der Waals surface area contributed by atoms with E-state index in [0.29, 0.717) is 30.3 Å². The van der Waals surface area contributed by atoms with Crippen molar-refractivity contribution in [2.24, 2.45) is 20.4 Å². The number of rotatable bonds is 19. The van der Waals surface area contributed by atoms with Gasteiger partial charge in [0.05, 0.1) is 50.8 Å². The molecule has 0 saturated heterocycles. The molecule has 0 fully saturated rings. The molecule has 0 radical (unpaired) electrons. The van der Waals surface area contributed by atoms with Gasteiger partial charge >= 0.3 is 20.8 Å². The molecule has 8 N–H and O–H groups in total. The normalized spacial score (nSPS) is 13.9. The number of nitrogens with one attached hydrogen (secondary N) is 2. The van der Waals surface area contributed by atoms with Crippen LogP contribution in [0, 0.1) is 6.92 Å². The van der Waals surface area contributed by atoms with E-state index in [0.717, 1.165) is 31.2 Å². The summed E-state index contributed by atoms with van der Waals surface area (Å²) in [5, 5.41) is 22.4. The van der Waals surface area contributed by atoms with E-state index in [1.165, 1.54) is 0 Å². The molecule has 0 unspecified atom stereocenters. The van der Waals surface area contributed by atoms with Gasteiger partial charge in [-0.25, -0.2) is 25.2 Å². The van der Waals surface area contributed by atoms with Gasteiger partial charge in [-0.15, -0.1) is 10.2 Å². The van der Waals surface area contributed by atoms with E-state index in [2.05, 4.69) is 34.2 Å². The van der Waals surface area contributed by atoms with Crippen molar-refractivity contribution in [1.82, 2.24) is 0 Å². The van der Waals surface area contributed by atoms with Crippen LogP contribution in [0.2, 0.25) is 0 Å². The second-order valence-electron chi connectivity index (χ2n) is 12.5. The van der Waals surface area contributed by atoms with Gasteiger partial charge in [0.15, 0.2) is 41.8 Å². The van der Waals surface area contributed by atoms with Crippen molar-refractivity contribution < 1.29 is 95.2 Å². The van der Waals surface area contributed by atoms with Crippen molar-refractivity contribution in [2.75, 3.05) is 35.6 Å². The van der Waals surface area contributed by atoms with Gasteiger partial charge in [-0.05, 0) is 67.1 Å². The summed E-state index contributed by atoms with van der Waals surface area (Å²) in [6, 6.07) is 6.28. The van der Waals surface area contributed by atoms with E-state index in [-0.39, 0.29) is 5.69 Å². The highest BCUT2D eigenvalue weighted by molar-refractivity contribution is 7.92. The van der Waals surface area contributed by atoms with Gasteiger partial charge in [0.25, 0.3) is 30.4 Å². The third-order valence-electron chi connectivity index (χ3n) is 7.93. The fourth-order valence-corrected chi connectivity index (χ4v) is 10.1. The summed E-state index contributed by atoms with van der Waals surface area (Å²) < 4.78 is 221. The van der Waals surface area contributed by atoms with Crippen LogP contribution in [0.5, 0.6) is 5.75 Å². The molecule has 0 aliphatic heterocycles. The Hall–Kier alpha value is -5.55. The summed E-state index contributed by atoms with van der Waals surface area (Å²) >= 11 is 0. The molecule has 0 aliphatic rings. The molecule has 4 rings (SSSR count). The van der Waals surface area contributed by atoms with Crippen molar-refractivity contribution in [3.05, 3.63) is 91.3 Å². The maximum Gasteiger partial charge on any atom is 0.397 e. The lowest BCUT2D eigenvalue weighted by atomic mass is 10.2. The van der Waals surface area contributed by atoms with Crippen molar-refractivity contribution in [3.63, 3.8) is 0 Å². The Bertz CT molecular complexity index is 3710. The van der Waals surface area contributed by atoms with E-state index < -0.39 is 170 Å². The Morgan fingerprint density at radius 3 is 1.53 bits per heavy atom. The second kappa shape index (κ2) is 19.4. The maximum absolute atomic E-state index is 13.7. The Morgan fingerprint density at radius 1 is 0.545 bits per heavy atom. The van der Waals surface area contributed by atoms with Crippen LogP contribution >= 0.6 is 0 Å². The van der Waals surface area contributed by atoms with E-state index in [4.69, 9.17) is 9.11 Å². The molecule has 0 aromatic heterocycles. The molecule has 0 atom stereocenters. The van der Waals surface area contributed by atoms with E-state index >= 15 is 0 Å². The van der Waals surface area contributed by atoms with Gasteiger partial charge < -0.3 is 5.11 Å². The molecule has 0 bridgehead atoms. The quantitative estimate of drug-likeness (QED) is 0.0301. The zero-order chi connectivity index (χ0) is 50.0. The number of phenolic OH excluding ortho intramolecular Hbond substituents is 1. The predicted molar refractivity (Wildman–Crippen MR) is 218 cm³/mol. The monoisotopic (exact) mass is 1070 g/mol. The molecule has 0 spiro atoms. The van der Waals surface area contributed by atoms with Crippen LogP contribution in [-0.2, 0) is 79.2 Å². The number of phenols is 1. The summed E-state index contributed by atoms with van der Waals surface area (Å²) in [6.07, 6.45) is 0. The number of aromatic hydroxyl groups is 1. The highest BCUT2D eigenvalue weighted by Crippen LogP contribution is 2.31. The Labute approximate surface area is 371 Å². The zero-order valence-electron chi connectivity index (χ0n) is 32.2. The van der Waals surface area contributed by atoms with Gasteiger partial charge in [0.2, 0.25) is 10.9 Å². The Kier molecular flexibility index (Phi) is 15.6. The molecule has 0 heterocycles. The first kappa shape index (κ1) is 53.1. The highest BCUT2D eigenvalue weighted by Gasteiger charge is 2.26. The largest absolute Gasteiger partial charge is 0.504 e. The molecular formula is C29H28N6O24S7. The molecule has 360 valence electrons. The van der Waals surface area contributed by atoms with Crippen LogP contribution in [0.3, 0.4) is 0 Å². The van der Waals surface area contributed by atoms with Gasteiger partial charge in [0, 0.05) is 0 Å². The van der Waals surface area contributed by atoms with E-state index in [1.807, 2.05) is 5.43 Å². The van der Waals surface area contributed by atoms with Crippen molar-refractivity contribution in [1.29, 1.82) is 0 Å². The average Bonchev–Trinajstić information content (AvgIpc) is 3.15. The molecule has 37 heteroatoms. The van der Waals surface area contributed by atoms with Crippen LogP contribution in [0.4, 0.5) is 22.7 Å². The number of sulfone groups is 2. The Balaban J connectivity index is 1.94. The summed E-state index contributed by atoms with van der Waals surface area (Å²) in [7, 11) is -34.9. The van der Waals surface area contributed by atoms with E-state index in [9.17, 15) is 87.3 Å².